The largest absolute Gasteiger partial charge is 0.383 e. The quantitative estimate of drug-likeness (QED) is 0.786. The highest BCUT2D eigenvalue weighted by molar-refractivity contribution is 5.93. The predicted molar refractivity (Wildman–Crippen MR) is 119 cm³/mol. The molecule has 0 bridgehead atoms. The Labute approximate surface area is 178 Å². The van der Waals surface area contributed by atoms with Crippen molar-refractivity contribution < 1.29 is 14.3 Å². The highest BCUT2D eigenvalue weighted by Crippen LogP contribution is 2.29. The van der Waals surface area contributed by atoms with Crippen LogP contribution in [0.25, 0.3) is 0 Å². The van der Waals surface area contributed by atoms with Crippen LogP contribution in [0, 0.1) is 13.8 Å². The molecule has 1 N–H and O–H groups in total. The van der Waals surface area contributed by atoms with Gasteiger partial charge in [-0.3, -0.25) is 4.79 Å². The summed E-state index contributed by atoms with van der Waals surface area (Å²) in [5.41, 5.74) is 5.24. The lowest BCUT2D eigenvalue weighted by atomic mass is 9.93. The van der Waals surface area contributed by atoms with Crippen LogP contribution >= 0.6 is 0 Å². The molecule has 160 valence electrons. The van der Waals surface area contributed by atoms with Gasteiger partial charge in [0, 0.05) is 25.9 Å². The Morgan fingerprint density at radius 1 is 1.13 bits per heavy atom. The summed E-state index contributed by atoms with van der Waals surface area (Å²) in [6, 6.07) is 13.8. The minimum absolute atomic E-state index is 0.00611. The lowest BCUT2D eigenvalue weighted by molar-refractivity contribution is -0.134. The maximum Gasteiger partial charge on any atom is 0.322 e. The summed E-state index contributed by atoms with van der Waals surface area (Å²) in [7, 11) is 1.59. The molecular formula is C24H31N3O3. The zero-order valence-corrected chi connectivity index (χ0v) is 18.3. The van der Waals surface area contributed by atoms with Crippen molar-refractivity contribution in [2.75, 3.05) is 38.7 Å². The van der Waals surface area contributed by atoms with Crippen LogP contribution in [0.2, 0.25) is 0 Å². The molecule has 0 saturated heterocycles. The van der Waals surface area contributed by atoms with Gasteiger partial charge in [-0.1, -0.05) is 42.5 Å². The first-order chi connectivity index (χ1) is 14.4. The number of aryl methyl sites for hydroxylation is 2. The van der Waals surface area contributed by atoms with Gasteiger partial charge in [0.2, 0.25) is 5.91 Å². The van der Waals surface area contributed by atoms with Crippen molar-refractivity contribution >= 4 is 17.6 Å². The van der Waals surface area contributed by atoms with Crippen molar-refractivity contribution in [2.24, 2.45) is 0 Å². The molecule has 6 heteroatoms. The second-order valence-corrected chi connectivity index (χ2v) is 7.82. The molecule has 0 aliphatic carbocycles. The average molecular weight is 410 g/mol. The maximum atomic E-state index is 13.1. The molecule has 3 amide bonds. The Morgan fingerprint density at radius 2 is 1.83 bits per heavy atom. The van der Waals surface area contributed by atoms with Gasteiger partial charge in [0.15, 0.2) is 0 Å². The van der Waals surface area contributed by atoms with Crippen molar-refractivity contribution in [3.63, 3.8) is 0 Å². The fourth-order valence-electron chi connectivity index (χ4n) is 4.02. The molecule has 1 aliphatic rings. The maximum absolute atomic E-state index is 13.1. The molecule has 0 saturated carbocycles. The van der Waals surface area contributed by atoms with E-state index in [4.69, 9.17) is 4.74 Å². The van der Waals surface area contributed by atoms with Gasteiger partial charge in [0.05, 0.1) is 12.6 Å². The van der Waals surface area contributed by atoms with E-state index in [1.54, 1.807) is 7.11 Å². The fourth-order valence-corrected chi connectivity index (χ4v) is 4.02. The highest BCUT2D eigenvalue weighted by atomic mass is 16.5. The molecule has 3 rings (SSSR count). The van der Waals surface area contributed by atoms with Crippen molar-refractivity contribution in [1.29, 1.82) is 0 Å². The van der Waals surface area contributed by atoms with Crippen LogP contribution in [0.3, 0.4) is 0 Å². The van der Waals surface area contributed by atoms with E-state index in [0.717, 1.165) is 23.2 Å². The fraction of sp³-hybridized carbons (Fsp3) is 0.417. The van der Waals surface area contributed by atoms with Crippen LogP contribution in [0.4, 0.5) is 10.5 Å². The molecule has 1 heterocycles. The summed E-state index contributed by atoms with van der Waals surface area (Å²) in [5, 5.41) is 2.98. The van der Waals surface area contributed by atoms with Gasteiger partial charge >= 0.3 is 6.03 Å². The predicted octanol–water partition coefficient (Wildman–Crippen LogP) is 3.93. The van der Waals surface area contributed by atoms with E-state index in [1.165, 1.54) is 16.0 Å². The van der Waals surface area contributed by atoms with Crippen molar-refractivity contribution in [2.45, 2.75) is 33.2 Å². The molecule has 0 aromatic heterocycles. The Kier molecular flexibility index (Phi) is 7.11. The molecule has 2 aromatic rings. The SMILES string of the molecule is COCCN(CC(=O)N1CCc2ccccc2C1C)C(=O)Nc1c(C)cccc1C. The molecule has 1 unspecified atom stereocenters. The Bertz CT molecular complexity index is 892. The standard InChI is InChI=1S/C24H31N3O3/c1-17-8-7-9-18(2)23(17)25-24(29)26(14-15-30-4)16-22(28)27-13-12-20-10-5-6-11-21(20)19(27)3/h5-11,19H,12-16H2,1-4H3,(H,25,29). The third-order valence-electron chi connectivity index (χ3n) is 5.81. The van der Waals surface area contributed by atoms with E-state index in [2.05, 4.69) is 17.4 Å². The Morgan fingerprint density at radius 3 is 2.53 bits per heavy atom. The topological polar surface area (TPSA) is 61.9 Å². The monoisotopic (exact) mass is 409 g/mol. The van der Waals surface area contributed by atoms with Crippen molar-refractivity contribution in [3.05, 3.63) is 64.7 Å². The molecular weight excluding hydrogens is 378 g/mol. The minimum atomic E-state index is -0.289. The van der Waals surface area contributed by atoms with E-state index >= 15 is 0 Å². The summed E-state index contributed by atoms with van der Waals surface area (Å²) in [6.45, 7) is 7.36. The minimum Gasteiger partial charge on any atom is -0.383 e. The number of nitrogens with one attached hydrogen (secondary N) is 1. The highest BCUT2D eigenvalue weighted by Gasteiger charge is 2.29. The van der Waals surface area contributed by atoms with Crippen LogP contribution in [0.1, 0.15) is 35.2 Å². The number of ether oxygens (including phenoxy) is 1. The van der Waals surface area contributed by atoms with Gasteiger partial charge < -0.3 is 19.9 Å². The number of hydrogen-bond donors (Lipinski definition) is 1. The van der Waals surface area contributed by atoms with Gasteiger partial charge in [0.1, 0.15) is 6.54 Å². The number of anilines is 1. The average Bonchev–Trinajstić information content (AvgIpc) is 2.74. The smallest absolute Gasteiger partial charge is 0.322 e. The molecule has 2 aromatic carbocycles. The molecule has 0 fully saturated rings. The first-order valence-electron chi connectivity index (χ1n) is 10.4. The summed E-state index contributed by atoms with van der Waals surface area (Å²) in [6.07, 6.45) is 0.832. The summed E-state index contributed by atoms with van der Waals surface area (Å²) < 4.78 is 5.17. The van der Waals surface area contributed by atoms with E-state index in [-0.39, 0.29) is 24.5 Å². The Balaban J connectivity index is 1.73. The number of rotatable bonds is 6. The molecule has 0 radical (unpaired) electrons. The van der Waals surface area contributed by atoms with Crippen LogP contribution in [-0.2, 0) is 16.0 Å². The molecule has 30 heavy (non-hydrogen) atoms. The second-order valence-electron chi connectivity index (χ2n) is 7.82. The molecule has 1 aliphatic heterocycles. The van der Waals surface area contributed by atoms with E-state index in [9.17, 15) is 9.59 Å². The van der Waals surface area contributed by atoms with Crippen LogP contribution in [0.15, 0.2) is 42.5 Å². The van der Waals surface area contributed by atoms with Crippen LogP contribution in [-0.4, -0.2) is 55.1 Å². The van der Waals surface area contributed by atoms with Crippen LogP contribution < -0.4 is 5.32 Å². The van der Waals surface area contributed by atoms with Gasteiger partial charge in [-0.05, 0) is 49.4 Å². The van der Waals surface area contributed by atoms with Crippen molar-refractivity contribution in [1.82, 2.24) is 9.80 Å². The zero-order valence-electron chi connectivity index (χ0n) is 18.3. The number of nitrogens with zero attached hydrogens (tertiary/aromatic N) is 2. The summed E-state index contributed by atoms with van der Waals surface area (Å²) in [5.74, 6) is -0.0511. The number of para-hydroxylation sites is 1. The van der Waals surface area contributed by atoms with Crippen LogP contribution in [0.5, 0.6) is 0 Å². The number of fused-ring (bicyclic) bond motifs is 1. The third-order valence-corrected chi connectivity index (χ3v) is 5.81. The number of benzene rings is 2. The van der Waals surface area contributed by atoms with Gasteiger partial charge in [0.25, 0.3) is 0 Å². The van der Waals surface area contributed by atoms with Gasteiger partial charge in [-0.2, -0.15) is 0 Å². The molecule has 6 nitrogen and oxygen atoms in total. The number of methoxy groups -OCH3 is 1. The van der Waals surface area contributed by atoms with Crippen molar-refractivity contribution in [3.8, 4) is 0 Å². The normalized spacial score (nSPS) is 15.5. The summed E-state index contributed by atoms with van der Waals surface area (Å²) >= 11 is 0. The van der Waals surface area contributed by atoms with E-state index < -0.39 is 0 Å². The van der Waals surface area contributed by atoms with Gasteiger partial charge in [-0.25, -0.2) is 4.79 Å². The Hall–Kier alpha value is -2.86. The number of hydrogen-bond acceptors (Lipinski definition) is 3. The number of carbonyl (C=O) groups excluding carboxylic acids is 2. The summed E-state index contributed by atoms with van der Waals surface area (Å²) in [4.78, 5) is 29.6. The zero-order chi connectivity index (χ0) is 21.7. The number of carbonyl (C=O) groups is 2. The first kappa shape index (κ1) is 21.8. The van der Waals surface area contributed by atoms with E-state index in [0.29, 0.717) is 19.7 Å². The number of urea groups is 1. The third kappa shape index (κ3) is 4.82. The number of amides is 3. The van der Waals surface area contributed by atoms with Gasteiger partial charge in [-0.15, -0.1) is 0 Å². The lowest BCUT2D eigenvalue weighted by Crippen LogP contribution is -2.48. The van der Waals surface area contributed by atoms with E-state index in [1.807, 2.05) is 56.0 Å². The molecule has 1 atom stereocenters. The first-order valence-corrected chi connectivity index (χ1v) is 10.4. The molecule has 0 spiro atoms. The lowest BCUT2D eigenvalue weighted by Gasteiger charge is -2.36. The second kappa shape index (κ2) is 9.76.